The summed E-state index contributed by atoms with van der Waals surface area (Å²) in [4.78, 5) is 21.5. The topological polar surface area (TPSA) is 69.4 Å². The van der Waals surface area contributed by atoms with Crippen LogP contribution in [0.4, 0.5) is 5.69 Å². The van der Waals surface area contributed by atoms with Gasteiger partial charge in [-0.25, -0.2) is 0 Å². The molecule has 0 N–H and O–H groups in total. The van der Waals surface area contributed by atoms with E-state index < -0.39 is 4.92 Å². The minimum absolute atomic E-state index is 0.0302. The summed E-state index contributed by atoms with van der Waals surface area (Å²) in [7, 11) is 0. The first-order valence-corrected chi connectivity index (χ1v) is 5.17. The van der Waals surface area contributed by atoms with Crippen molar-refractivity contribution in [2.45, 2.75) is 19.4 Å². The van der Waals surface area contributed by atoms with E-state index in [0.717, 1.165) is 5.56 Å². The highest BCUT2D eigenvalue weighted by Gasteiger charge is 2.22. The monoisotopic (exact) mass is 233 g/mol. The number of ether oxygens (including phenoxy) is 1. The van der Waals surface area contributed by atoms with Gasteiger partial charge in [0.2, 0.25) is 0 Å². The maximum atomic E-state index is 11.5. The van der Waals surface area contributed by atoms with Crippen LogP contribution < -0.4 is 0 Å². The summed E-state index contributed by atoms with van der Waals surface area (Å²) in [5, 5.41) is 10.5. The van der Waals surface area contributed by atoms with E-state index in [0.29, 0.717) is 5.57 Å². The van der Waals surface area contributed by atoms with Crippen molar-refractivity contribution in [2.75, 3.05) is 0 Å². The molecule has 17 heavy (non-hydrogen) atoms. The average Bonchev–Trinajstić information content (AvgIpc) is 2.33. The molecule has 0 bridgehead atoms. The van der Waals surface area contributed by atoms with E-state index in [1.165, 1.54) is 18.4 Å². The highest BCUT2D eigenvalue weighted by molar-refractivity contribution is 5.95. The first kappa shape index (κ1) is 11.3. The maximum absolute atomic E-state index is 11.5. The highest BCUT2D eigenvalue weighted by atomic mass is 16.6. The third-order valence-corrected chi connectivity index (χ3v) is 2.70. The molecule has 0 spiro atoms. The van der Waals surface area contributed by atoms with Gasteiger partial charge in [0.05, 0.1) is 17.6 Å². The van der Waals surface area contributed by atoms with Crippen molar-refractivity contribution in [2.24, 2.45) is 0 Å². The van der Waals surface area contributed by atoms with Crippen LogP contribution in [0, 0.1) is 10.1 Å². The lowest BCUT2D eigenvalue weighted by atomic mass is 9.99. The lowest BCUT2D eigenvalue weighted by molar-refractivity contribution is -0.384. The smallest absolute Gasteiger partial charge is 0.269 e. The number of hydrogen-bond acceptors (Lipinski definition) is 4. The summed E-state index contributed by atoms with van der Waals surface area (Å²) in [5.74, 6) is 0.0413. The average molecular weight is 233 g/mol. The largest absolute Gasteiger partial charge is 0.492 e. The number of hydrogen-bond donors (Lipinski definition) is 0. The van der Waals surface area contributed by atoms with Crippen LogP contribution in [0.5, 0.6) is 0 Å². The molecule has 0 saturated carbocycles. The molecule has 1 atom stereocenters. The van der Waals surface area contributed by atoms with Crippen molar-refractivity contribution < 1.29 is 14.5 Å². The molecular formula is C12H11NO4. The van der Waals surface area contributed by atoms with E-state index in [2.05, 4.69) is 0 Å². The first-order chi connectivity index (χ1) is 8.08. The van der Waals surface area contributed by atoms with Gasteiger partial charge in [-0.2, -0.15) is 0 Å². The molecule has 1 aliphatic heterocycles. The van der Waals surface area contributed by atoms with E-state index in [9.17, 15) is 14.9 Å². The second kappa shape index (κ2) is 4.37. The molecule has 88 valence electrons. The summed E-state index contributed by atoms with van der Waals surface area (Å²) >= 11 is 0. The SMILES string of the molecule is CC1=CO[C@H](c2ccc([N+](=O)[O-])cc2)CC1=O. The number of rotatable bonds is 2. The second-order valence-corrected chi connectivity index (χ2v) is 3.90. The molecule has 1 aliphatic rings. The van der Waals surface area contributed by atoms with Gasteiger partial charge in [-0.15, -0.1) is 0 Å². The molecular weight excluding hydrogens is 222 g/mol. The molecule has 1 aromatic carbocycles. The van der Waals surface area contributed by atoms with E-state index in [4.69, 9.17) is 4.74 Å². The van der Waals surface area contributed by atoms with E-state index in [-0.39, 0.29) is 24.0 Å². The van der Waals surface area contributed by atoms with Gasteiger partial charge < -0.3 is 4.74 Å². The number of nitro groups is 1. The zero-order chi connectivity index (χ0) is 12.4. The van der Waals surface area contributed by atoms with Gasteiger partial charge in [-0.1, -0.05) is 0 Å². The summed E-state index contributed by atoms with van der Waals surface area (Å²) in [6.45, 7) is 1.70. The number of nitrogens with zero attached hydrogens (tertiary/aromatic N) is 1. The van der Waals surface area contributed by atoms with Gasteiger partial charge >= 0.3 is 0 Å². The minimum atomic E-state index is -0.458. The fraction of sp³-hybridized carbons (Fsp3) is 0.250. The number of carbonyl (C=O) groups excluding carboxylic acids is 1. The standard InChI is InChI=1S/C12H11NO4/c1-8-7-17-12(6-11(8)14)9-2-4-10(5-3-9)13(15)16/h2-5,7,12H,6H2,1H3/t12-/m0/s1. The number of carbonyl (C=O) groups is 1. The fourth-order valence-corrected chi connectivity index (χ4v) is 1.63. The fourth-order valence-electron chi connectivity index (χ4n) is 1.63. The van der Waals surface area contributed by atoms with Crippen LogP contribution >= 0.6 is 0 Å². The van der Waals surface area contributed by atoms with E-state index >= 15 is 0 Å². The quantitative estimate of drug-likeness (QED) is 0.581. The van der Waals surface area contributed by atoms with Crippen LogP contribution in [0.15, 0.2) is 36.1 Å². The van der Waals surface area contributed by atoms with Gasteiger partial charge in [0.25, 0.3) is 5.69 Å². The Balaban J connectivity index is 2.19. The molecule has 5 nitrogen and oxygen atoms in total. The Labute approximate surface area is 97.9 Å². The third-order valence-electron chi connectivity index (χ3n) is 2.70. The lowest BCUT2D eigenvalue weighted by Crippen LogP contribution is -2.14. The predicted molar refractivity (Wildman–Crippen MR) is 60.3 cm³/mol. The molecule has 0 fully saturated rings. The van der Waals surface area contributed by atoms with Gasteiger partial charge in [-0.3, -0.25) is 14.9 Å². The number of benzene rings is 1. The van der Waals surface area contributed by atoms with Gasteiger partial charge in [-0.05, 0) is 24.6 Å². The minimum Gasteiger partial charge on any atom is -0.492 e. The van der Waals surface area contributed by atoms with Crippen LogP contribution in [-0.4, -0.2) is 10.7 Å². The molecule has 0 unspecified atom stereocenters. The van der Waals surface area contributed by atoms with Crippen molar-refractivity contribution in [1.82, 2.24) is 0 Å². The second-order valence-electron chi connectivity index (χ2n) is 3.90. The van der Waals surface area contributed by atoms with Gasteiger partial charge in [0.15, 0.2) is 5.78 Å². The Hall–Kier alpha value is -2.17. The number of ketones is 1. The molecule has 2 rings (SSSR count). The number of allylic oxidation sites excluding steroid dienone is 1. The Morgan fingerprint density at radius 1 is 1.35 bits per heavy atom. The molecule has 1 aromatic rings. The van der Waals surface area contributed by atoms with Crippen molar-refractivity contribution >= 4 is 11.5 Å². The summed E-state index contributed by atoms with van der Waals surface area (Å²) in [5.41, 5.74) is 1.40. The summed E-state index contributed by atoms with van der Waals surface area (Å²) < 4.78 is 5.39. The lowest BCUT2D eigenvalue weighted by Gasteiger charge is -2.21. The Morgan fingerprint density at radius 2 is 2.00 bits per heavy atom. The van der Waals surface area contributed by atoms with Crippen molar-refractivity contribution in [3.05, 3.63) is 51.8 Å². The van der Waals surface area contributed by atoms with Crippen molar-refractivity contribution in [3.8, 4) is 0 Å². The Kier molecular flexibility index (Phi) is 2.91. The number of Topliss-reactive ketones (excluding diaryl/α,β-unsaturated/α-hetero) is 1. The van der Waals surface area contributed by atoms with Crippen molar-refractivity contribution in [3.63, 3.8) is 0 Å². The number of non-ortho nitro benzene ring substituents is 1. The Morgan fingerprint density at radius 3 is 2.53 bits per heavy atom. The maximum Gasteiger partial charge on any atom is 0.269 e. The molecule has 0 aliphatic carbocycles. The van der Waals surface area contributed by atoms with Crippen LogP contribution in [0.25, 0.3) is 0 Å². The number of nitro benzene ring substituents is 1. The van der Waals surface area contributed by atoms with Crippen LogP contribution in [0.3, 0.4) is 0 Å². The Bertz CT molecular complexity index is 490. The van der Waals surface area contributed by atoms with Crippen molar-refractivity contribution in [1.29, 1.82) is 0 Å². The molecule has 0 amide bonds. The first-order valence-electron chi connectivity index (χ1n) is 5.17. The van der Waals surface area contributed by atoms with Crippen LogP contribution in [-0.2, 0) is 9.53 Å². The van der Waals surface area contributed by atoms with Gasteiger partial charge in [0, 0.05) is 17.7 Å². The predicted octanol–water partition coefficient (Wildman–Crippen LogP) is 2.53. The van der Waals surface area contributed by atoms with Gasteiger partial charge in [0.1, 0.15) is 6.10 Å². The zero-order valence-corrected chi connectivity index (χ0v) is 9.25. The molecule has 0 saturated heterocycles. The van der Waals surface area contributed by atoms with Crippen LogP contribution in [0.1, 0.15) is 25.0 Å². The molecule has 5 heteroatoms. The normalized spacial score (nSPS) is 19.5. The molecule has 0 radical (unpaired) electrons. The summed E-state index contributed by atoms with van der Waals surface area (Å²) in [6.07, 6.45) is 1.38. The van der Waals surface area contributed by atoms with Crippen LogP contribution in [0.2, 0.25) is 0 Å². The summed E-state index contributed by atoms with van der Waals surface area (Å²) in [6, 6.07) is 6.05. The molecule has 1 heterocycles. The highest BCUT2D eigenvalue weighted by Crippen LogP contribution is 2.28. The third kappa shape index (κ3) is 2.33. The van der Waals surface area contributed by atoms with E-state index in [1.807, 2.05) is 0 Å². The zero-order valence-electron chi connectivity index (χ0n) is 9.25. The van der Waals surface area contributed by atoms with E-state index in [1.54, 1.807) is 19.1 Å². The molecule has 0 aromatic heterocycles.